The second-order valence-corrected chi connectivity index (χ2v) is 6.58. The highest BCUT2D eigenvalue weighted by atomic mass is 32.2. The van der Waals surface area contributed by atoms with Crippen molar-refractivity contribution >= 4 is 29.1 Å². The molecule has 0 aromatic heterocycles. The SMILES string of the molecule is CCC(=O)c1ccc(Sc2cccc(NC(=O)C(N)CC)c2)cc1. The fourth-order valence-corrected chi connectivity index (χ4v) is 2.98. The lowest BCUT2D eigenvalue weighted by Gasteiger charge is -2.11. The van der Waals surface area contributed by atoms with Crippen molar-refractivity contribution in [1.29, 1.82) is 0 Å². The Hall–Kier alpha value is -2.11. The number of carbonyl (C=O) groups excluding carboxylic acids is 2. The van der Waals surface area contributed by atoms with Crippen LogP contribution < -0.4 is 11.1 Å². The summed E-state index contributed by atoms with van der Waals surface area (Å²) in [5, 5.41) is 2.83. The number of ketones is 1. The lowest BCUT2D eigenvalue weighted by atomic mass is 10.1. The number of rotatable bonds is 7. The summed E-state index contributed by atoms with van der Waals surface area (Å²) in [5.41, 5.74) is 7.19. The minimum Gasteiger partial charge on any atom is -0.325 e. The zero-order valence-corrected chi connectivity index (χ0v) is 14.7. The second kappa shape index (κ2) is 8.66. The van der Waals surface area contributed by atoms with Crippen molar-refractivity contribution in [2.24, 2.45) is 5.73 Å². The number of hydrogen-bond donors (Lipinski definition) is 2. The third-order valence-electron chi connectivity index (χ3n) is 3.61. The predicted octanol–water partition coefficient (Wildman–Crippen LogP) is 4.11. The van der Waals surface area contributed by atoms with E-state index in [1.54, 1.807) is 11.8 Å². The molecule has 4 nitrogen and oxygen atoms in total. The molecule has 1 atom stereocenters. The summed E-state index contributed by atoms with van der Waals surface area (Å²) in [6, 6.07) is 14.7. The van der Waals surface area contributed by atoms with Gasteiger partial charge in [0.2, 0.25) is 5.91 Å². The molecule has 2 rings (SSSR count). The van der Waals surface area contributed by atoms with Crippen LogP contribution in [0.1, 0.15) is 37.0 Å². The van der Waals surface area contributed by atoms with Crippen LogP contribution in [0, 0.1) is 0 Å². The largest absolute Gasteiger partial charge is 0.325 e. The molecule has 0 fully saturated rings. The molecule has 0 bridgehead atoms. The van der Waals surface area contributed by atoms with Gasteiger partial charge < -0.3 is 11.1 Å². The average Bonchev–Trinajstić information content (AvgIpc) is 2.61. The highest BCUT2D eigenvalue weighted by molar-refractivity contribution is 7.99. The number of hydrogen-bond acceptors (Lipinski definition) is 4. The minimum absolute atomic E-state index is 0.142. The van der Waals surface area contributed by atoms with Crippen LogP contribution in [0.15, 0.2) is 58.3 Å². The molecule has 0 aliphatic carbocycles. The van der Waals surface area contributed by atoms with E-state index in [1.165, 1.54) is 0 Å². The normalized spacial score (nSPS) is 11.8. The van der Waals surface area contributed by atoms with Gasteiger partial charge in [0.25, 0.3) is 0 Å². The van der Waals surface area contributed by atoms with Crippen molar-refractivity contribution in [3.63, 3.8) is 0 Å². The second-order valence-electron chi connectivity index (χ2n) is 5.43. The van der Waals surface area contributed by atoms with Gasteiger partial charge in [-0.3, -0.25) is 9.59 Å². The summed E-state index contributed by atoms with van der Waals surface area (Å²) >= 11 is 1.58. The Morgan fingerprint density at radius 3 is 2.42 bits per heavy atom. The van der Waals surface area contributed by atoms with E-state index >= 15 is 0 Å². The summed E-state index contributed by atoms with van der Waals surface area (Å²) < 4.78 is 0. The van der Waals surface area contributed by atoms with Gasteiger partial charge in [-0.25, -0.2) is 0 Å². The molecule has 126 valence electrons. The molecular formula is C19H22N2O2S. The van der Waals surface area contributed by atoms with E-state index in [2.05, 4.69) is 5.32 Å². The zero-order chi connectivity index (χ0) is 17.5. The molecule has 0 saturated heterocycles. The van der Waals surface area contributed by atoms with Gasteiger partial charge in [0.05, 0.1) is 6.04 Å². The fraction of sp³-hybridized carbons (Fsp3) is 0.263. The molecule has 0 spiro atoms. The first-order valence-corrected chi connectivity index (χ1v) is 8.82. The van der Waals surface area contributed by atoms with Crippen molar-refractivity contribution in [2.45, 2.75) is 42.5 Å². The van der Waals surface area contributed by atoms with Crippen LogP contribution in [0.2, 0.25) is 0 Å². The fourth-order valence-electron chi connectivity index (χ4n) is 2.11. The van der Waals surface area contributed by atoms with E-state index < -0.39 is 6.04 Å². The molecule has 0 saturated carbocycles. The van der Waals surface area contributed by atoms with Crippen molar-refractivity contribution in [2.75, 3.05) is 5.32 Å². The minimum atomic E-state index is -0.495. The summed E-state index contributed by atoms with van der Waals surface area (Å²) in [6.07, 6.45) is 1.11. The van der Waals surface area contributed by atoms with Gasteiger partial charge in [0.15, 0.2) is 5.78 Å². The van der Waals surface area contributed by atoms with Gasteiger partial charge in [-0.15, -0.1) is 0 Å². The van der Waals surface area contributed by atoms with Gasteiger partial charge in [-0.2, -0.15) is 0 Å². The van der Waals surface area contributed by atoms with E-state index in [1.807, 2.05) is 62.4 Å². The average molecular weight is 342 g/mol. The molecule has 5 heteroatoms. The van der Waals surface area contributed by atoms with Crippen molar-refractivity contribution < 1.29 is 9.59 Å². The summed E-state index contributed by atoms with van der Waals surface area (Å²) in [6.45, 7) is 3.73. The number of anilines is 1. The Labute approximate surface area is 146 Å². The Bertz CT molecular complexity index is 714. The number of Topliss-reactive ketones (excluding diaryl/α,β-unsaturated/α-hetero) is 1. The topological polar surface area (TPSA) is 72.2 Å². The molecule has 1 unspecified atom stereocenters. The van der Waals surface area contributed by atoms with Gasteiger partial charge in [-0.05, 0) is 36.8 Å². The maximum absolute atomic E-state index is 11.9. The maximum atomic E-state index is 11.9. The van der Waals surface area contributed by atoms with Crippen LogP contribution in [0.4, 0.5) is 5.69 Å². The Morgan fingerprint density at radius 2 is 1.79 bits per heavy atom. The molecule has 0 radical (unpaired) electrons. The number of nitrogens with two attached hydrogens (primary N) is 1. The number of carbonyl (C=O) groups is 2. The lowest BCUT2D eigenvalue weighted by Crippen LogP contribution is -2.34. The monoisotopic (exact) mass is 342 g/mol. The van der Waals surface area contributed by atoms with Crippen LogP contribution >= 0.6 is 11.8 Å². The molecule has 2 aromatic rings. The van der Waals surface area contributed by atoms with E-state index in [4.69, 9.17) is 5.73 Å². The Morgan fingerprint density at radius 1 is 1.08 bits per heavy atom. The number of benzene rings is 2. The molecule has 0 heterocycles. The van der Waals surface area contributed by atoms with Crippen LogP contribution in [0.5, 0.6) is 0 Å². The predicted molar refractivity (Wildman–Crippen MR) is 98.5 cm³/mol. The van der Waals surface area contributed by atoms with E-state index in [0.717, 1.165) is 21.0 Å². The lowest BCUT2D eigenvalue weighted by molar-refractivity contribution is -0.117. The summed E-state index contributed by atoms with van der Waals surface area (Å²) in [4.78, 5) is 25.6. The smallest absolute Gasteiger partial charge is 0.241 e. The quantitative estimate of drug-likeness (QED) is 0.743. The first kappa shape index (κ1) is 18.2. The molecule has 1 amide bonds. The Balaban J connectivity index is 2.06. The van der Waals surface area contributed by atoms with Gasteiger partial charge >= 0.3 is 0 Å². The van der Waals surface area contributed by atoms with Crippen LogP contribution in [0.3, 0.4) is 0 Å². The van der Waals surface area contributed by atoms with Crippen LogP contribution in [0.25, 0.3) is 0 Å². The van der Waals surface area contributed by atoms with Crippen LogP contribution in [-0.2, 0) is 4.79 Å². The Kier molecular flexibility index (Phi) is 6.58. The van der Waals surface area contributed by atoms with Crippen molar-refractivity contribution in [3.8, 4) is 0 Å². The van der Waals surface area contributed by atoms with Gasteiger partial charge in [0, 0.05) is 27.5 Å². The first-order chi connectivity index (χ1) is 11.5. The van der Waals surface area contributed by atoms with Crippen molar-refractivity contribution in [3.05, 3.63) is 54.1 Å². The highest BCUT2D eigenvalue weighted by Crippen LogP contribution is 2.29. The maximum Gasteiger partial charge on any atom is 0.241 e. The van der Waals surface area contributed by atoms with E-state index in [0.29, 0.717) is 12.8 Å². The van der Waals surface area contributed by atoms with Crippen molar-refractivity contribution in [1.82, 2.24) is 0 Å². The van der Waals surface area contributed by atoms with Crippen LogP contribution in [-0.4, -0.2) is 17.7 Å². The summed E-state index contributed by atoms with van der Waals surface area (Å²) in [7, 11) is 0. The van der Waals surface area contributed by atoms with E-state index in [9.17, 15) is 9.59 Å². The third-order valence-corrected chi connectivity index (χ3v) is 4.61. The molecular weight excluding hydrogens is 320 g/mol. The van der Waals surface area contributed by atoms with Gasteiger partial charge in [-0.1, -0.05) is 43.8 Å². The van der Waals surface area contributed by atoms with E-state index in [-0.39, 0.29) is 11.7 Å². The first-order valence-electron chi connectivity index (χ1n) is 8.01. The number of nitrogens with one attached hydrogen (secondary N) is 1. The third kappa shape index (κ3) is 4.94. The molecule has 0 aliphatic heterocycles. The number of amides is 1. The molecule has 24 heavy (non-hydrogen) atoms. The van der Waals surface area contributed by atoms with Gasteiger partial charge in [0.1, 0.15) is 0 Å². The standard InChI is InChI=1S/C19H22N2O2S/c1-3-17(20)19(23)21-14-6-5-7-16(12-14)24-15-10-8-13(9-11-15)18(22)4-2/h5-12,17H,3-4,20H2,1-2H3,(H,21,23). The molecule has 0 aliphatic rings. The molecule has 2 aromatic carbocycles. The zero-order valence-electron chi connectivity index (χ0n) is 13.9. The molecule has 3 N–H and O–H groups in total. The summed E-state index contributed by atoms with van der Waals surface area (Å²) in [5.74, 6) is -0.0365. The highest BCUT2D eigenvalue weighted by Gasteiger charge is 2.11.